The van der Waals surface area contributed by atoms with Crippen LogP contribution in [0.5, 0.6) is 5.75 Å². The van der Waals surface area contributed by atoms with E-state index in [1.807, 2.05) is 0 Å². The molecule has 0 saturated heterocycles. The van der Waals surface area contributed by atoms with E-state index in [4.69, 9.17) is 4.74 Å². The Morgan fingerprint density at radius 2 is 1.68 bits per heavy atom. The minimum absolute atomic E-state index is 0.0443. The summed E-state index contributed by atoms with van der Waals surface area (Å²) in [4.78, 5) is 0. The van der Waals surface area contributed by atoms with Crippen molar-refractivity contribution in [3.05, 3.63) is 47.1 Å². The second kappa shape index (κ2) is 8.35. The highest BCUT2D eigenvalue weighted by Gasteiger charge is 2.55. The average Bonchev–Trinajstić information content (AvgIpc) is 3.29. The SMILES string of the molecule is COc1ccc2c(c1)C(C)(C)C1=CC3C(C=C12)CCC3[Si](C)(C)N(C1CCCCC1)[N+](C)(C)C. The van der Waals surface area contributed by atoms with Crippen molar-refractivity contribution in [2.75, 3.05) is 28.3 Å². The highest BCUT2D eigenvalue weighted by atomic mass is 28.3. The predicted molar refractivity (Wildman–Crippen MR) is 146 cm³/mol. The number of hydrogen-bond acceptors (Lipinski definition) is 2. The van der Waals surface area contributed by atoms with Crippen molar-refractivity contribution in [1.29, 1.82) is 0 Å². The monoisotopic (exact) mass is 479 g/mol. The molecule has 3 nitrogen and oxygen atoms in total. The van der Waals surface area contributed by atoms with Gasteiger partial charge in [-0.1, -0.05) is 70.8 Å². The van der Waals surface area contributed by atoms with Crippen molar-refractivity contribution in [1.82, 2.24) is 4.67 Å². The summed E-state index contributed by atoms with van der Waals surface area (Å²) in [6, 6.07) is 7.48. The standard InChI is InChI=1S/C30H47N2OSi/c1-30(2)27-19-23(33-6)15-16-24(27)26-18-21-14-17-29(25(21)20-28(26)30)34(7,8)31(32(3,4)5)22-12-10-9-11-13-22/h15-16,18-22,25,29H,9-14,17H2,1-8H3/q+1. The number of quaternary nitrogens is 1. The number of benzene rings is 1. The molecule has 0 aliphatic heterocycles. The Kier molecular flexibility index (Phi) is 5.98. The molecular formula is C30H47N2OSi+. The lowest BCUT2D eigenvalue weighted by atomic mass is 9.76. The van der Waals surface area contributed by atoms with E-state index in [0.29, 0.717) is 11.8 Å². The number of allylic oxidation sites excluding steroid dienone is 4. The summed E-state index contributed by atoms with van der Waals surface area (Å²) in [5, 5.41) is 0. The van der Waals surface area contributed by atoms with Gasteiger partial charge in [0.1, 0.15) is 5.75 Å². The van der Waals surface area contributed by atoms with Gasteiger partial charge in [-0.3, -0.25) is 4.59 Å². The molecule has 0 amide bonds. The zero-order valence-electron chi connectivity index (χ0n) is 22.9. The number of nitrogens with zero attached hydrogens (tertiary/aromatic N) is 2. The Hall–Kier alpha value is -1.36. The smallest absolute Gasteiger partial charge is 0.190 e. The number of hydrogen-bond donors (Lipinski definition) is 0. The molecule has 2 fully saturated rings. The van der Waals surface area contributed by atoms with Gasteiger partial charge in [-0.25, -0.2) is 0 Å². The summed E-state index contributed by atoms with van der Waals surface area (Å²) in [6.45, 7) is 10.3. The molecule has 4 aliphatic carbocycles. The highest BCUT2D eigenvalue weighted by molar-refractivity contribution is 6.76. The topological polar surface area (TPSA) is 12.5 Å². The predicted octanol–water partition coefficient (Wildman–Crippen LogP) is 7.17. The summed E-state index contributed by atoms with van der Waals surface area (Å²) < 4.78 is 9.63. The van der Waals surface area contributed by atoms with Gasteiger partial charge in [0.2, 0.25) is 0 Å². The second-order valence-corrected chi connectivity index (χ2v) is 17.9. The molecule has 4 heteroatoms. The largest absolute Gasteiger partial charge is 0.497 e. The van der Waals surface area contributed by atoms with E-state index in [2.05, 4.69) is 83.1 Å². The Bertz CT molecular complexity index is 1010. The molecule has 3 atom stereocenters. The van der Waals surface area contributed by atoms with Crippen LogP contribution in [-0.2, 0) is 5.41 Å². The van der Waals surface area contributed by atoms with Crippen LogP contribution in [0, 0.1) is 11.8 Å². The van der Waals surface area contributed by atoms with Crippen LogP contribution in [0.2, 0.25) is 18.6 Å². The molecule has 0 bridgehead atoms. The van der Waals surface area contributed by atoms with Crippen LogP contribution >= 0.6 is 0 Å². The second-order valence-electron chi connectivity index (χ2n) is 13.4. The lowest BCUT2D eigenvalue weighted by Gasteiger charge is -2.53. The Labute approximate surface area is 209 Å². The van der Waals surface area contributed by atoms with Crippen molar-refractivity contribution in [3.63, 3.8) is 0 Å². The zero-order valence-corrected chi connectivity index (χ0v) is 23.9. The maximum Gasteiger partial charge on any atom is 0.190 e. The fourth-order valence-electron chi connectivity index (χ4n) is 8.46. The first-order valence-corrected chi connectivity index (χ1v) is 16.7. The third-order valence-corrected chi connectivity index (χ3v) is 14.4. The Morgan fingerprint density at radius 3 is 2.32 bits per heavy atom. The fraction of sp³-hybridized carbons (Fsp3) is 0.667. The molecule has 1 aromatic rings. The number of fused-ring (bicyclic) bond motifs is 4. The van der Waals surface area contributed by atoms with Crippen molar-refractivity contribution in [2.45, 2.75) is 88.9 Å². The molecule has 1 aromatic carbocycles. The van der Waals surface area contributed by atoms with Crippen LogP contribution in [0.15, 0.2) is 35.9 Å². The van der Waals surface area contributed by atoms with E-state index in [9.17, 15) is 0 Å². The molecule has 5 rings (SSSR count). The molecule has 4 aliphatic rings. The zero-order chi connectivity index (χ0) is 24.5. The molecule has 0 N–H and O–H groups in total. The van der Waals surface area contributed by atoms with Crippen molar-refractivity contribution in [3.8, 4) is 5.75 Å². The minimum Gasteiger partial charge on any atom is -0.497 e. The average molecular weight is 480 g/mol. The molecule has 34 heavy (non-hydrogen) atoms. The van der Waals surface area contributed by atoms with E-state index in [0.717, 1.165) is 21.9 Å². The summed E-state index contributed by atoms with van der Waals surface area (Å²) in [6.07, 6.45) is 15.2. The van der Waals surface area contributed by atoms with Gasteiger partial charge in [0.25, 0.3) is 0 Å². The third kappa shape index (κ3) is 3.76. The van der Waals surface area contributed by atoms with Crippen LogP contribution in [0.25, 0.3) is 5.57 Å². The van der Waals surface area contributed by atoms with E-state index in [1.165, 1.54) is 61.6 Å². The molecule has 186 valence electrons. The third-order valence-electron chi connectivity index (χ3n) is 9.73. The van der Waals surface area contributed by atoms with Crippen LogP contribution in [0.4, 0.5) is 0 Å². The quantitative estimate of drug-likeness (QED) is 0.252. The van der Waals surface area contributed by atoms with Crippen molar-refractivity contribution < 1.29 is 9.33 Å². The molecular weight excluding hydrogens is 432 g/mol. The van der Waals surface area contributed by atoms with Crippen LogP contribution in [-0.4, -0.2) is 51.8 Å². The van der Waals surface area contributed by atoms with Crippen LogP contribution in [0.3, 0.4) is 0 Å². The summed E-state index contributed by atoms with van der Waals surface area (Å²) in [7, 11) is 7.36. The van der Waals surface area contributed by atoms with Gasteiger partial charge >= 0.3 is 0 Å². The normalized spacial score (nSPS) is 28.8. The first kappa shape index (κ1) is 24.3. The van der Waals surface area contributed by atoms with Crippen LogP contribution < -0.4 is 4.74 Å². The lowest BCUT2D eigenvalue weighted by molar-refractivity contribution is -0.975. The van der Waals surface area contributed by atoms with Gasteiger partial charge in [-0.2, -0.15) is 4.67 Å². The van der Waals surface area contributed by atoms with Crippen molar-refractivity contribution in [2.24, 2.45) is 11.8 Å². The fourth-order valence-corrected chi connectivity index (χ4v) is 13.7. The molecule has 0 heterocycles. The van der Waals surface area contributed by atoms with E-state index in [1.54, 1.807) is 12.7 Å². The molecule has 0 radical (unpaired) electrons. The number of rotatable bonds is 5. The lowest BCUT2D eigenvalue weighted by Crippen LogP contribution is -2.69. The van der Waals surface area contributed by atoms with Gasteiger partial charge < -0.3 is 4.74 Å². The summed E-state index contributed by atoms with van der Waals surface area (Å²) in [5.41, 5.74) is 6.82. The highest BCUT2D eigenvalue weighted by Crippen LogP contribution is 2.59. The van der Waals surface area contributed by atoms with Gasteiger partial charge in [0.05, 0.1) is 28.3 Å². The first-order chi connectivity index (χ1) is 16.0. The maximum atomic E-state index is 5.60. The molecule has 0 spiro atoms. The molecule has 3 unspecified atom stereocenters. The molecule has 2 saturated carbocycles. The number of ether oxygens (including phenoxy) is 1. The van der Waals surface area contributed by atoms with Gasteiger partial charge in [0.15, 0.2) is 8.24 Å². The van der Waals surface area contributed by atoms with Crippen molar-refractivity contribution >= 4 is 13.8 Å². The van der Waals surface area contributed by atoms with E-state index in [-0.39, 0.29) is 5.41 Å². The van der Waals surface area contributed by atoms with Gasteiger partial charge in [-0.15, -0.1) is 0 Å². The van der Waals surface area contributed by atoms with E-state index >= 15 is 0 Å². The number of methoxy groups -OCH3 is 1. The summed E-state index contributed by atoms with van der Waals surface area (Å²) in [5.74, 6) is 2.36. The Balaban J connectivity index is 1.51. The molecule has 0 aromatic heterocycles. The van der Waals surface area contributed by atoms with Gasteiger partial charge in [0, 0.05) is 11.5 Å². The minimum atomic E-state index is -1.70. The Morgan fingerprint density at radius 1 is 0.971 bits per heavy atom. The maximum absolute atomic E-state index is 5.60. The first-order valence-electron chi connectivity index (χ1n) is 13.7. The van der Waals surface area contributed by atoms with Gasteiger partial charge in [-0.05, 0) is 71.0 Å². The summed E-state index contributed by atoms with van der Waals surface area (Å²) >= 11 is 0. The van der Waals surface area contributed by atoms with Crippen LogP contribution in [0.1, 0.15) is 69.9 Å². The van der Waals surface area contributed by atoms with E-state index < -0.39 is 8.24 Å².